The van der Waals surface area contributed by atoms with E-state index in [1.54, 1.807) is 6.20 Å². The fourth-order valence-electron chi connectivity index (χ4n) is 4.55. The highest BCUT2D eigenvalue weighted by molar-refractivity contribution is 5.51. The fourth-order valence-corrected chi connectivity index (χ4v) is 4.55. The highest BCUT2D eigenvalue weighted by Gasteiger charge is 2.28. The Morgan fingerprint density at radius 1 is 0.893 bits per heavy atom. The molecule has 5 rings (SSSR count). The lowest BCUT2D eigenvalue weighted by atomic mass is 10.1. The van der Waals surface area contributed by atoms with E-state index in [0.717, 1.165) is 49.9 Å². The van der Waals surface area contributed by atoms with E-state index in [1.807, 2.05) is 23.9 Å². The second kappa shape index (κ2) is 7.36. The van der Waals surface area contributed by atoms with Gasteiger partial charge in [0.05, 0.1) is 0 Å². The molecule has 1 aliphatic carbocycles. The SMILES string of the molecule is Cn1ccnc1-c1ccc(N2CCCN(C3Cc4ccccc4C3)CC2)nn1. The lowest BCUT2D eigenvalue weighted by Gasteiger charge is -2.27. The second-order valence-corrected chi connectivity index (χ2v) is 7.85. The standard InChI is InChI=1S/C22H26N6/c1-26-12-9-23-22(26)20-7-8-21(25-24-20)28-11-4-10-27(13-14-28)19-15-17-5-2-3-6-18(17)16-19/h2-3,5-9,12,19H,4,10-11,13-16H2,1H3. The van der Waals surface area contributed by atoms with Crippen molar-refractivity contribution in [3.05, 3.63) is 59.9 Å². The largest absolute Gasteiger partial charge is 0.354 e. The molecule has 6 heteroatoms. The number of fused-ring (bicyclic) bond motifs is 1. The number of aryl methyl sites for hydroxylation is 1. The molecule has 0 N–H and O–H groups in total. The van der Waals surface area contributed by atoms with E-state index in [4.69, 9.17) is 0 Å². The first kappa shape index (κ1) is 17.4. The van der Waals surface area contributed by atoms with E-state index < -0.39 is 0 Å². The number of rotatable bonds is 3. The Balaban J connectivity index is 1.24. The van der Waals surface area contributed by atoms with Gasteiger partial charge >= 0.3 is 0 Å². The topological polar surface area (TPSA) is 50.1 Å². The van der Waals surface area contributed by atoms with Gasteiger partial charge in [0, 0.05) is 51.7 Å². The van der Waals surface area contributed by atoms with Crippen molar-refractivity contribution in [1.82, 2.24) is 24.6 Å². The summed E-state index contributed by atoms with van der Waals surface area (Å²) in [6.07, 6.45) is 7.25. The summed E-state index contributed by atoms with van der Waals surface area (Å²) in [5.74, 6) is 1.82. The van der Waals surface area contributed by atoms with Crippen LogP contribution in [0.3, 0.4) is 0 Å². The number of aromatic nitrogens is 4. The van der Waals surface area contributed by atoms with Crippen LogP contribution in [0.2, 0.25) is 0 Å². The molecule has 144 valence electrons. The van der Waals surface area contributed by atoms with Crippen molar-refractivity contribution in [2.24, 2.45) is 7.05 Å². The number of benzene rings is 1. The minimum absolute atomic E-state index is 0.647. The predicted octanol–water partition coefficient (Wildman–Crippen LogP) is 2.56. The average Bonchev–Trinajstić information content (AvgIpc) is 3.27. The smallest absolute Gasteiger partial charge is 0.160 e. The van der Waals surface area contributed by atoms with Gasteiger partial charge in [-0.1, -0.05) is 24.3 Å². The summed E-state index contributed by atoms with van der Waals surface area (Å²) < 4.78 is 1.97. The molecule has 3 aromatic rings. The Labute approximate surface area is 165 Å². The minimum atomic E-state index is 0.647. The number of anilines is 1. The second-order valence-electron chi connectivity index (χ2n) is 7.85. The van der Waals surface area contributed by atoms with E-state index in [0.29, 0.717) is 6.04 Å². The number of hydrogen-bond donors (Lipinski definition) is 0. The van der Waals surface area contributed by atoms with Crippen LogP contribution in [0, 0.1) is 0 Å². The van der Waals surface area contributed by atoms with E-state index in [1.165, 1.54) is 24.0 Å². The molecule has 0 radical (unpaired) electrons. The molecule has 6 nitrogen and oxygen atoms in total. The molecule has 2 aliphatic rings. The molecule has 28 heavy (non-hydrogen) atoms. The van der Waals surface area contributed by atoms with Crippen LogP contribution in [0.5, 0.6) is 0 Å². The summed E-state index contributed by atoms with van der Waals surface area (Å²) in [5.41, 5.74) is 3.88. The van der Waals surface area contributed by atoms with Crippen molar-refractivity contribution in [2.75, 3.05) is 31.1 Å². The zero-order chi connectivity index (χ0) is 18.9. The van der Waals surface area contributed by atoms with Gasteiger partial charge in [-0.3, -0.25) is 4.90 Å². The predicted molar refractivity (Wildman–Crippen MR) is 110 cm³/mol. The van der Waals surface area contributed by atoms with Crippen molar-refractivity contribution < 1.29 is 0 Å². The van der Waals surface area contributed by atoms with Gasteiger partial charge in [0.1, 0.15) is 5.69 Å². The summed E-state index contributed by atoms with van der Waals surface area (Å²) in [5, 5.41) is 8.92. The van der Waals surface area contributed by atoms with Gasteiger partial charge in [0.2, 0.25) is 0 Å². The molecule has 2 aromatic heterocycles. The molecule has 1 aliphatic heterocycles. The lowest BCUT2D eigenvalue weighted by Crippen LogP contribution is -2.39. The van der Waals surface area contributed by atoms with Crippen LogP contribution in [-0.4, -0.2) is 56.9 Å². The zero-order valence-corrected chi connectivity index (χ0v) is 16.3. The van der Waals surface area contributed by atoms with Gasteiger partial charge in [0.15, 0.2) is 11.6 Å². The maximum Gasteiger partial charge on any atom is 0.160 e. The molecule has 0 spiro atoms. The highest BCUT2D eigenvalue weighted by atomic mass is 15.3. The Hall–Kier alpha value is -2.73. The molecule has 0 atom stereocenters. The molecule has 3 heterocycles. The molecule has 0 saturated carbocycles. The Kier molecular flexibility index (Phi) is 4.56. The quantitative estimate of drug-likeness (QED) is 0.705. The highest BCUT2D eigenvalue weighted by Crippen LogP contribution is 2.26. The average molecular weight is 374 g/mol. The lowest BCUT2D eigenvalue weighted by molar-refractivity contribution is 0.216. The van der Waals surface area contributed by atoms with Gasteiger partial charge in [-0.15, -0.1) is 10.2 Å². The van der Waals surface area contributed by atoms with Crippen LogP contribution in [0.4, 0.5) is 5.82 Å². The Morgan fingerprint density at radius 3 is 2.39 bits per heavy atom. The third-order valence-electron chi connectivity index (χ3n) is 6.10. The fraction of sp³-hybridized carbons (Fsp3) is 0.409. The zero-order valence-electron chi connectivity index (χ0n) is 16.3. The van der Waals surface area contributed by atoms with Crippen LogP contribution in [0.15, 0.2) is 48.8 Å². The molecule has 0 amide bonds. The Morgan fingerprint density at radius 2 is 1.71 bits per heavy atom. The molecule has 0 unspecified atom stereocenters. The van der Waals surface area contributed by atoms with Crippen LogP contribution in [-0.2, 0) is 19.9 Å². The summed E-state index contributed by atoms with van der Waals surface area (Å²) in [6, 6.07) is 13.7. The molecule has 1 fully saturated rings. The Bertz CT molecular complexity index is 923. The minimum Gasteiger partial charge on any atom is -0.354 e. The maximum absolute atomic E-state index is 4.50. The van der Waals surface area contributed by atoms with Crippen LogP contribution >= 0.6 is 0 Å². The van der Waals surface area contributed by atoms with E-state index in [2.05, 4.69) is 55.3 Å². The van der Waals surface area contributed by atoms with Gasteiger partial charge in [-0.05, 0) is 42.5 Å². The first-order valence-corrected chi connectivity index (χ1v) is 10.1. The summed E-state index contributed by atoms with van der Waals surface area (Å²) in [7, 11) is 1.97. The molecular weight excluding hydrogens is 348 g/mol. The van der Waals surface area contributed by atoms with Crippen LogP contribution in [0.25, 0.3) is 11.5 Å². The van der Waals surface area contributed by atoms with E-state index >= 15 is 0 Å². The third-order valence-corrected chi connectivity index (χ3v) is 6.10. The van der Waals surface area contributed by atoms with Crippen molar-refractivity contribution in [2.45, 2.75) is 25.3 Å². The van der Waals surface area contributed by atoms with E-state index in [9.17, 15) is 0 Å². The molecule has 1 aromatic carbocycles. The number of imidazole rings is 1. The monoisotopic (exact) mass is 374 g/mol. The molecule has 0 bridgehead atoms. The normalized spacial score (nSPS) is 18.2. The van der Waals surface area contributed by atoms with Gasteiger partial charge in [0.25, 0.3) is 0 Å². The van der Waals surface area contributed by atoms with Gasteiger partial charge < -0.3 is 9.47 Å². The maximum atomic E-state index is 4.50. The van der Waals surface area contributed by atoms with Crippen molar-refractivity contribution in [3.8, 4) is 11.5 Å². The summed E-state index contributed by atoms with van der Waals surface area (Å²) in [6.45, 7) is 4.28. The molecular formula is C22H26N6. The van der Waals surface area contributed by atoms with Gasteiger partial charge in [-0.25, -0.2) is 4.98 Å². The number of hydrogen-bond acceptors (Lipinski definition) is 5. The first-order valence-electron chi connectivity index (χ1n) is 10.1. The number of nitrogens with zero attached hydrogens (tertiary/aromatic N) is 6. The third kappa shape index (κ3) is 3.29. The van der Waals surface area contributed by atoms with E-state index in [-0.39, 0.29) is 0 Å². The summed E-state index contributed by atoms with van der Waals surface area (Å²) in [4.78, 5) is 9.40. The molecule has 1 saturated heterocycles. The first-order chi connectivity index (χ1) is 13.8. The van der Waals surface area contributed by atoms with Gasteiger partial charge in [-0.2, -0.15) is 0 Å². The summed E-state index contributed by atoms with van der Waals surface area (Å²) >= 11 is 0. The van der Waals surface area contributed by atoms with Crippen LogP contribution < -0.4 is 4.90 Å². The van der Waals surface area contributed by atoms with Crippen molar-refractivity contribution in [1.29, 1.82) is 0 Å². The van der Waals surface area contributed by atoms with Crippen molar-refractivity contribution in [3.63, 3.8) is 0 Å². The van der Waals surface area contributed by atoms with Crippen LogP contribution in [0.1, 0.15) is 17.5 Å². The van der Waals surface area contributed by atoms with Crippen molar-refractivity contribution >= 4 is 5.82 Å².